The number of aromatic nitrogens is 2. The predicted molar refractivity (Wildman–Crippen MR) is 324 cm³/mol. The van der Waals surface area contributed by atoms with Gasteiger partial charge in [-0.2, -0.15) is 0 Å². The minimum atomic E-state index is -2.93. The normalized spacial score (nSPS) is 12.2. The van der Waals surface area contributed by atoms with E-state index in [1.54, 1.807) is 0 Å². The molecule has 0 bridgehead atoms. The molecule has 0 unspecified atom stereocenters. The Morgan fingerprint density at radius 3 is 1.13 bits per heavy atom. The molecule has 0 aliphatic carbocycles. The molecule has 12 aromatic carbocycles. The molecule has 0 aliphatic heterocycles. The van der Waals surface area contributed by atoms with Gasteiger partial charge in [0.05, 0.1) is 22.1 Å². The molecule has 360 valence electrons. The van der Waals surface area contributed by atoms with Crippen molar-refractivity contribution in [2.24, 2.45) is 0 Å². The van der Waals surface area contributed by atoms with Gasteiger partial charge in [0.15, 0.2) is 8.07 Å². The van der Waals surface area contributed by atoms with E-state index in [1.807, 2.05) is 6.07 Å². The number of nitrogens with zero attached hydrogens (tertiary/aromatic N) is 2. The van der Waals surface area contributed by atoms with Crippen LogP contribution in [0.1, 0.15) is 0 Å². The molecule has 4 aromatic heterocycles. The summed E-state index contributed by atoms with van der Waals surface area (Å²) < 4.78 is 18.0. The molecule has 0 radical (unpaired) electrons. The number of hydrogen-bond acceptors (Lipinski definition) is 2. The van der Waals surface area contributed by atoms with Crippen molar-refractivity contribution < 1.29 is 8.83 Å². The summed E-state index contributed by atoms with van der Waals surface area (Å²) in [5.74, 6) is 0. The third-order valence-corrected chi connectivity index (χ3v) is 21.0. The molecule has 0 spiro atoms. The predicted octanol–water partition coefficient (Wildman–Crippen LogP) is 16.4. The van der Waals surface area contributed by atoms with E-state index in [2.05, 4.69) is 282 Å². The van der Waals surface area contributed by atoms with E-state index < -0.39 is 8.07 Å². The average molecular weight is 999 g/mol. The molecule has 77 heavy (non-hydrogen) atoms. The first kappa shape index (κ1) is 43.5. The maximum Gasteiger partial charge on any atom is 0.179 e. The summed E-state index contributed by atoms with van der Waals surface area (Å²) in [7, 11) is -2.93. The van der Waals surface area contributed by atoms with Gasteiger partial charge in [0.2, 0.25) is 0 Å². The lowest BCUT2D eigenvalue weighted by atomic mass is 9.95. The van der Waals surface area contributed by atoms with Crippen LogP contribution in [-0.4, -0.2) is 17.2 Å². The van der Waals surface area contributed by atoms with Crippen molar-refractivity contribution in [3.8, 4) is 33.6 Å². The standard InChI is InChI=1S/C72H46N2O2Si/c1-4-23-49(24-5-1)77(50-25-6-2-7-26-50,51-27-8-3-9-28-51)52-43-44-62-60(46-52)70-54(56-35-20-42-68-72(56)59-31-12-15-40-66(59)76-68)33-18-38-64(70)74(62)48-22-16-21-47(45-48)73-61-36-13-10-29-57(61)69-53(32-17-37-63(69)73)55-34-19-41-67-71(55)58-30-11-14-39-65(58)75-67/h1-46H. The SMILES string of the molecule is c1ccc([Si](c2ccccc2)(c2ccccc2)c2ccc3c(c2)c2c(-c4cccc5oc6ccccc6c45)cccc2n3-c2cccc(-n3c4ccccc4c4c(-c5cccc6oc7ccccc7c56)cccc43)c2)cc1. The van der Waals surface area contributed by atoms with Gasteiger partial charge in [-0.3, -0.25) is 0 Å². The lowest BCUT2D eigenvalue weighted by Crippen LogP contribution is -2.74. The Kier molecular flexibility index (Phi) is 9.62. The fourth-order valence-corrected chi connectivity index (χ4v) is 17.9. The molecule has 0 fully saturated rings. The van der Waals surface area contributed by atoms with Crippen molar-refractivity contribution in [2.45, 2.75) is 0 Å². The molecule has 4 nitrogen and oxygen atoms in total. The number of fused-ring (bicyclic) bond motifs is 12. The molecular weight excluding hydrogens is 953 g/mol. The fraction of sp³-hybridized carbons (Fsp3) is 0. The van der Waals surface area contributed by atoms with Crippen LogP contribution in [0.25, 0.3) is 121 Å². The number of rotatable bonds is 8. The minimum Gasteiger partial charge on any atom is -0.456 e. The topological polar surface area (TPSA) is 36.1 Å². The average Bonchev–Trinajstić information content (AvgIpc) is 4.47. The Balaban J connectivity index is 0.976. The van der Waals surface area contributed by atoms with Gasteiger partial charge < -0.3 is 18.0 Å². The smallest absolute Gasteiger partial charge is 0.179 e. The Morgan fingerprint density at radius 1 is 0.234 bits per heavy atom. The van der Waals surface area contributed by atoms with E-state index in [0.29, 0.717) is 0 Å². The number of hydrogen-bond donors (Lipinski definition) is 0. The summed E-state index contributed by atoms with van der Waals surface area (Å²) >= 11 is 0. The lowest BCUT2D eigenvalue weighted by Gasteiger charge is -2.34. The van der Waals surface area contributed by atoms with E-state index in [4.69, 9.17) is 8.83 Å². The van der Waals surface area contributed by atoms with Gasteiger partial charge >= 0.3 is 0 Å². The number of para-hydroxylation sites is 3. The third-order valence-electron chi connectivity index (χ3n) is 16.3. The molecule has 0 amide bonds. The van der Waals surface area contributed by atoms with Gasteiger partial charge in [-0.1, -0.05) is 212 Å². The van der Waals surface area contributed by atoms with Crippen molar-refractivity contribution in [1.82, 2.24) is 9.13 Å². The molecule has 16 rings (SSSR count). The highest BCUT2D eigenvalue weighted by molar-refractivity contribution is 7.20. The van der Waals surface area contributed by atoms with E-state index in [-0.39, 0.29) is 0 Å². The largest absolute Gasteiger partial charge is 0.456 e. The van der Waals surface area contributed by atoms with Crippen LogP contribution in [0.15, 0.2) is 288 Å². The maximum atomic E-state index is 6.57. The number of benzene rings is 12. The molecule has 0 saturated heterocycles. The summed E-state index contributed by atoms with van der Waals surface area (Å²) in [6.45, 7) is 0. The van der Waals surface area contributed by atoms with Crippen LogP contribution >= 0.6 is 0 Å². The Morgan fingerprint density at radius 2 is 0.610 bits per heavy atom. The molecule has 5 heteroatoms. The van der Waals surface area contributed by atoms with E-state index >= 15 is 0 Å². The summed E-state index contributed by atoms with van der Waals surface area (Å²) in [6.07, 6.45) is 0. The molecule has 0 aliphatic rings. The second-order valence-corrected chi connectivity index (χ2v) is 24.1. The highest BCUT2D eigenvalue weighted by atomic mass is 28.3. The highest BCUT2D eigenvalue weighted by Crippen LogP contribution is 2.46. The molecular formula is C72H46N2O2Si. The Hall–Kier alpha value is -9.94. The summed E-state index contributed by atoms with van der Waals surface area (Å²) in [5, 5.41) is 14.6. The van der Waals surface area contributed by atoms with Crippen LogP contribution in [0.4, 0.5) is 0 Å². The van der Waals surface area contributed by atoms with Crippen molar-refractivity contribution in [3.63, 3.8) is 0 Å². The lowest BCUT2D eigenvalue weighted by molar-refractivity contribution is 0.668. The molecule has 16 aromatic rings. The molecule has 0 atom stereocenters. The van der Waals surface area contributed by atoms with Crippen LogP contribution < -0.4 is 20.7 Å². The first-order chi connectivity index (χ1) is 38.2. The van der Waals surface area contributed by atoms with Crippen LogP contribution in [-0.2, 0) is 0 Å². The fourth-order valence-electron chi connectivity index (χ4n) is 13.2. The second-order valence-electron chi connectivity index (χ2n) is 20.2. The van der Waals surface area contributed by atoms with Crippen LogP contribution in [0.3, 0.4) is 0 Å². The third kappa shape index (κ3) is 6.38. The summed E-state index contributed by atoms with van der Waals surface area (Å²) in [6, 6.07) is 102. The second kappa shape index (κ2) is 17.0. The molecule has 0 saturated carbocycles. The van der Waals surface area contributed by atoms with Crippen molar-refractivity contribution in [2.75, 3.05) is 0 Å². The maximum absolute atomic E-state index is 6.57. The van der Waals surface area contributed by atoms with Gasteiger partial charge in [-0.05, 0) is 110 Å². The van der Waals surface area contributed by atoms with Crippen LogP contribution in [0.5, 0.6) is 0 Å². The zero-order chi connectivity index (χ0) is 50.6. The van der Waals surface area contributed by atoms with E-state index in [1.165, 1.54) is 53.4 Å². The Labute approximate surface area is 444 Å². The quantitative estimate of drug-likeness (QED) is 0.112. The van der Waals surface area contributed by atoms with Crippen molar-refractivity contribution in [3.05, 3.63) is 279 Å². The van der Waals surface area contributed by atoms with E-state index in [0.717, 1.165) is 88.4 Å². The Bertz CT molecular complexity index is 4890. The first-order valence-corrected chi connectivity index (χ1v) is 28.4. The van der Waals surface area contributed by atoms with Crippen LogP contribution in [0, 0.1) is 0 Å². The van der Waals surface area contributed by atoms with Crippen molar-refractivity contribution in [1.29, 1.82) is 0 Å². The van der Waals surface area contributed by atoms with Gasteiger partial charge in [0.1, 0.15) is 22.3 Å². The zero-order valence-corrected chi connectivity index (χ0v) is 42.8. The van der Waals surface area contributed by atoms with Gasteiger partial charge in [-0.15, -0.1) is 0 Å². The molecule has 4 heterocycles. The van der Waals surface area contributed by atoms with Gasteiger partial charge in [-0.25, -0.2) is 0 Å². The van der Waals surface area contributed by atoms with Gasteiger partial charge in [0.25, 0.3) is 0 Å². The zero-order valence-electron chi connectivity index (χ0n) is 41.8. The molecule has 0 N–H and O–H groups in total. The summed E-state index contributed by atoms with van der Waals surface area (Å²) in [4.78, 5) is 0. The van der Waals surface area contributed by atoms with E-state index in [9.17, 15) is 0 Å². The van der Waals surface area contributed by atoms with Crippen LogP contribution in [0.2, 0.25) is 0 Å². The highest BCUT2D eigenvalue weighted by Gasteiger charge is 2.42. The first-order valence-electron chi connectivity index (χ1n) is 26.4. The van der Waals surface area contributed by atoms with Gasteiger partial charge in [0, 0.05) is 54.5 Å². The number of furan rings is 2. The minimum absolute atomic E-state index is 0.880. The monoisotopic (exact) mass is 998 g/mol. The van der Waals surface area contributed by atoms with Crippen molar-refractivity contribution >= 4 is 116 Å². The summed E-state index contributed by atoms with van der Waals surface area (Å²) in [5.41, 5.74) is 14.9.